The zero-order chi connectivity index (χ0) is 24.6. The van der Waals surface area contributed by atoms with Gasteiger partial charge in [-0.3, -0.25) is 0 Å². The molecule has 1 aliphatic heterocycles. The van der Waals surface area contributed by atoms with Gasteiger partial charge in [0.25, 0.3) is 15.9 Å². The van der Waals surface area contributed by atoms with E-state index in [4.69, 9.17) is 11.6 Å². The Bertz CT molecular complexity index is 1340. The lowest BCUT2D eigenvalue weighted by Crippen LogP contribution is -2.38. The minimum atomic E-state index is -4.69. The minimum Gasteiger partial charge on any atom is -0.342 e. The molecule has 1 aromatic heterocycles. The number of alkyl halides is 6. The second-order valence-corrected chi connectivity index (χ2v) is 9.81. The molecule has 0 unspecified atom stereocenters. The van der Waals surface area contributed by atoms with E-state index in [0.29, 0.717) is 17.9 Å². The largest absolute Gasteiger partial charge is 0.342 e. The molecule has 0 bridgehead atoms. The number of aromatic nitrogens is 2. The van der Waals surface area contributed by atoms with Gasteiger partial charge in [0, 0.05) is 18.6 Å². The molecule has 2 heterocycles. The van der Waals surface area contributed by atoms with Crippen LogP contribution in [0.4, 0.5) is 36.6 Å². The van der Waals surface area contributed by atoms with Crippen LogP contribution in [0.5, 0.6) is 0 Å². The summed E-state index contributed by atoms with van der Waals surface area (Å²) in [4.78, 5) is -0.0808. The summed E-state index contributed by atoms with van der Waals surface area (Å²) in [5.74, 6) is -13.7. The molecular weight excluding hydrogens is 503 g/mol. The van der Waals surface area contributed by atoms with E-state index in [9.17, 15) is 39.2 Å². The van der Waals surface area contributed by atoms with Crippen molar-refractivity contribution >= 4 is 38.3 Å². The number of rotatable bonds is 4. The van der Waals surface area contributed by atoms with E-state index in [1.165, 1.54) is 0 Å². The molecule has 3 aromatic rings. The van der Waals surface area contributed by atoms with Crippen LogP contribution in [0.3, 0.4) is 0 Å². The molecule has 1 saturated heterocycles. The minimum absolute atomic E-state index is 0.250. The van der Waals surface area contributed by atoms with Crippen molar-refractivity contribution in [3.05, 3.63) is 52.8 Å². The maximum absolute atomic E-state index is 14.0. The van der Waals surface area contributed by atoms with Crippen molar-refractivity contribution in [3.8, 4) is 0 Å². The summed E-state index contributed by atoms with van der Waals surface area (Å²) < 4.78 is 123. The van der Waals surface area contributed by atoms with Crippen molar-refractivity contribution in [2.75, 3.05) is 18.0 Å². The summed E-state index contributed by atoms with van der Waals surface area (Å²) in [6.07, 6.45) is 0. The third-order valence-corrected chi connectivity index (χ3v) is 7.05. The summed E-state index contributed by atoms with van der Waals surface area (Å²) in [7, 11) is -4.69. The van der Waals surface area contributed by atoms with E-state index < -0.39 is 73.5 Å². The summed E-state index contributed by atoms with van der Waals surface area (Å²) in [6.45, 7) is -2.36. The quantitative estimate of drug-likeness (QED) is 0.444. The van der Waals surface area contributed by atoms with Gasteiger partial charge in [0.2, 0.25) is 0 Å². The molecule has 4 rings (SSSR count). The molecule has 0 atom stereocenters. The third-order valence-electron chi connectivity index (χ3n) is 5.15. The molecule has 178 valence electrons. The van der Waals surface area contributed by atoms with Crippen molar-refractivity contribution < 1.29 is 39.2 Å². The van der Waals surface area contributed by atoms with Crippen LogP contribution in [-0.4, -0.2) is 42.5 Å². The molecule has 14 heteroatoms. The van der Waals surface area contributed by atoms with E-state index in [1.807, 2.05) is 0 Å². The number of hydrogen-bond acceptors (Lipinski definition) is 4. The normalized spacial score (nSPS) is 18.3. The van der Waals surface area contributed by atoms with Crippen LogP contribution in [-0.2, 0) is 15.9 Å². The molecule has 0 amide bonds. The maximum atomic E-state index is 14.0. The monoisotopic (exact) mass is 515 g/mol. The second kappa shape index (κ2) is 7.23. The van der Waals surface area contributed by atoms with Crippen molar-refractivity contribution in [1.82, 2.24) is 9.19 Å². The lowest BCUT2D eigenvalue weighted by Gasteiger charge is -2.14. The van der Waals surface area contributed by atoms with Gasteiger partial charge in [-0.2, -0.15) is 30.1 Å². The first-order valence-corrected chi connectivity index (χ1v) is 11.0. The highest BCUT2D eigenvalue weighted by Gasteiger charge is 2.63. The van der Waals surface area contributed by atoms with Gasteiger partial charge in [0.1, 0.15) is 5.82 Å². The van der Waals surface area contributed by atoms with E-state index >= 15 is 0 Å². The molecule has 0 aliphatic carbocycles. The SMILES string of the molecule is CC(F)(F)c1ccc(S(=O)(=O)n2nc(N3CC(F)(F)C(F)(F)C3)c3c(Cl)cc(F)cc32)cc1. The number of fused-ring (bicyclic) bond motifs is 1. The summed E-state index contributed by atoms with van der Waals surface area (Å²) in [5, 5.41) is 2.93. The molecule has 33 heavy (non-hydrogen) atoms. The second-order valence-electron chi connectivity index (χ2n) is 7.63. The molecule has 0 saturated carbocycles. The van der Waals surface area contributed by atoms with Crippen LogP contribution >= 0.6 is 11.6 Å². The molecule has 2 aromatic carbocycles. The van der Waals surface area contributed by atoms with Gasteiger partial charge >= 0.3 is 11.8 Å². The van der Waals surface area contributed by atoms with Crippen LogP contribution < -0.4 is 4.90 Å². The Morgan fingerprint density at radius 3 is 2.09 bits per heavy atom. The number of hydrogen-bond donors (Lipinski definition) is 0. The van der Waals surface area contributed by atoms with Crippen molar-refractivity contribution in [2.45, 2.75) is 29.6 Å². The van der Waals surface area contributed by atoms with Gasteiger partial charge in [-0.1, -0.05) is 23.7 Å². The van der Waals surface area contributed by atoms with Crippen molar-refractivity contribution in [1.29, 1.82) is 0 Å². The number of anilines is 1. The van der Waals surface area contributed by atoms with Gasteiger partial charge in [-0.05, 0) is 18.2 Å². The summed E-state index contributed by atoms with van der Waals surface area (Å²) in [6, 6.07) is 4.86. The lowest BCUT2D eigenvalue weighted by atomic mass is 10.1. The molecule has 1 fully saturated rings. The van der Waals surface area contributed by atoms with E-state index in [-0.39, 0.29) is 9.47 Å². The Morgan fingerprint density at radius 1 is 1.03 bits per heavy atom. The number of halogens is 8. The molecule has 0 spiro atoms. The van der Waals surface area contributed by atoms with E-state index in [1.54, 1.807) is 0 Å². The number of benzene rings is 2. The predicted molar refractivity (Wildman–Crippen MR) is 105 cm³/mol. The van der Waals surface area contributed by atoms with Crippen LogP contribution in [0.25, 0.3) is 10.9 Å². The van der Waals surface area contributed by atoms with Crippen LogP contribution in [0.15, 0.2) is 41.3 Å². The fourth-order valence-electron chi connectivity index (χ4n) is 3.46. The zero-order valence-corrected chi connectivity index (χ0v) is 18.0. The number of nitrogens with zero attached hydrogens (tertiary/aromatic N) is 3. The highest BCUT2D eigenvalue weighted by molar-refractivity contribution is 7.90. The Kier molecular flexibility index (Phi) is 5.17. The first-order chi connectivity index (χ1) is 15.0. The van der Waals surface area contributed by atoms with Gasteiger partial charge in [0.05, 0.1) is 33.9 Å². The van der Waals surface area contributed by atoms with E-state index in [2.05, 4.69) is 5.10 Å². The average molecular weight is 516 g/mol. The van der Waals surface area contributed by atoms with Crippen molar-refractivity contribution in [3.63, 3.8) is 0 Å². The zero-order valence-electron chi connectivity index (χ0n) is 16.5. The molecule has 5 nitrogen and oxygen atoms in total. The first kappa shape index (κ1) is 23.6. The predicted octanol–water partition coefficient (Wildman–Crippen LogP) is 5.27. The standard InChI is InChI=1S/C19H13ClF7N3O2S/c1-17(22,23)10-2-4-12(5-3-10)33(31,32)30-14-7-11(21)6-13(20)15(14)16(28-30)29-8-18(24,25)19(26,27)9-29/h2-7H,8-9H2,1H3. The van der Waals surface area contributed by atoms with Crippen molar-refractivity contribution in [2.24, 2.45) is 0 Å². The Labute approximate surface area is 187 Å². The van der Waals surface area contributed by atoms with Gasteiger partial charge in [0.15, 0.2) is 5.82 Å². The fourth-order valence-corrected chi connectivity index (χ4v) is 5.02. The van der Waals surface area contributed by atoms with Crippen LogP contribution in [0.1, 0.15) is 12.5 Å². The van der Waals surface area contributed by atoms with Gasteiger partial charge < -0.3 is 4.90 Å². The Balaban J connectivity index is 1.90. The molecule has 0 radical (unpaired) electrons. The summed E-state index contributed by atoms with van der Waals surface area (Å²) in [5.41, 5.74) is -0.985. The van der Waals surface area contributed by atoms with Crippen LogP contribution in [0, 0.1) is 5.82 Å². The highest BCUT2D eigenvalue weighted by Crippen LogP contribution is 2.45. The fraction of sp³-hybridized carbons (Fsp3) is 0.316. The Hall–Kier alpha value is -2.54. The highest BCUT2D eigenvalue weighted by atomic mass is 35.5. The van der Waals surface area contributed by atoms with Gasteiger partial charge in [-0.25, -0.2) is 13.2 Å². The smallest absolute Gasteiger partial charge is 0.329 e. The average Bonchev–Trinajstić information content (AvgIpc) is 3.16. The van der Waals surface area contributed by atoms with Gasteiger partial charge in [-0.15, -0.1) is 5.10 Å². The summed E-state index contributed by atoms with van der Waals surface area (Å²) >= 11 is 6.00. The molecule has 0 N–H and O–H groups in total. The maximum Gasteiger partial charge on any atom is 0.329 e. The third kappa shape index (κ3) is 3.80. The lowest BCUT2D eigenvalue weighted by molar-refractivity contribution is -0.172. The first-order valence-electron chi connectivity index (χ1n) is 9.17. The van der Waals surface area contributed by atoms with E-state index in [0.717, 1.165) is 30.3 Å². The molecule has 1 aliphatic rings. The van der Waals surface area contributed by atoms with Crippen LogP contribution in [0.2, 0.25) is 5.02 Å². The topological polar surface area (TPSA) is 55.2 Å². The Morgan fingerprint density at radius 2 is 1.58 bits per heavy atom. The molecular formula is C19H13ClF7N3O2S.